The monoisotopic (exact) mass is 284 g/mol. The maximum Gasteiger partial charge on any atom is 0.255 e. The van der Waals surface area contributed by atoms with Crippen molar-refractivity contribution in [2.75, 3.05) is 17.7 Å². The van der Waals surface area contributed by atoms with Gasteiger partial charge in [0.05, 0.1) is 6.61 Å². The van der Waals surface area contributed by atoms with Crippen LogP contribution in [0.5, 0.6) is 5.75 Å². The molecule has 0 unspecified atom stereocenters. The predicted octanol–water partition coefficient (Wildman–Crippen LogP) is 3.54. The summed E-state index contributed by atoms with van der Waals surface area (Å²) in [6.45, 7) is 6.38. The maximum atomic E-state index is 12.3. The highest BCUT2D eigenvalue weighted by atomic mass is 16.5. The first-order valence-corrected chi connectivity index (χ1v) is 6.92. The number of hydrogen-bond acceptors (Lipinski definition) is 3. The van der Waals surface area contributed by atoms with E-state index < -0.39 is 0 Å². The molecule has 3 N–H and O–H groups in total. The molecule has 0 saturated heterocycles. The van der Waals surface area contributed by atoms with Gasteiger partial charge in [-0.2, -0.15) is 0 Å². The van der Waals surface area contributed by atoms with Crippen molar-refractivity contribution in [2.24, 2.45) is 0 Å². The molecule has 0 spiro atoms. The first-order chi connectivity index (χ1) is 10.0. The molecule has 4 nitrogen and oxygen atoms in total. The van der Waals surface area contributed by atoms with E-state index >= 15 is 0 Å². The molecule has 0 saturated carbocycles. The van der Waals surface area contributed by atoms with Crippen molar-refractivity contribution in [1.29, 1.82) is 0 Å². The Labute approximate surface area is 124 Å². The molecule has 1 amide bonds. The van der Waals surface area contributed by atoms with Crippen molar-refractivity contribution >= 4 is 17.3 Å². The number of ether oxygens (including phenoxy) is 1. The van der Waals surface area contributed by atoms with E-state index in [1.54, 1.807) is 18.2 Å². The van der Waals surface area contributed by atoms with E-state index in [1.165, 1.54) is 0 Å². The summed E-state index contributed by atoms with van der Waals surface area (Å²) in [7, 11) is 0. The van der Waals surface area contributed by atoms with Crippen LogP contribution in [0.4, 0.5) is 11.4 Å². The third-order valence-electron chi connectivity index (χ3n) is 3.29. The van der Waals surface area contributed by atoms with Crippen LogP contribution in [0, 0.1) is 13.8 Å². The number of carbonyl (C=O) groups excluding carboxylic acids is 1. The molecule has 2 aromatic carbocycles. The van der Waals surface area contributed by atoms with Crippen LogP contribution in [0.15, 0.2) is 36.4 Å². The Bertz CT molecular complexity index is 666. The lowest BCUT2D eigenvalue weighted by Crippen LogP contribution is -2.13. The summed E-state index contributed by atoms with van der Waals surface area (Å²) in [5, 5.41) is 2.91. The second kappa shape index (κ2) is 6.31. The van der Waals surface area contributed by atoms with Crippen LogP contribution >= 0.6 is 0 Å². The van der Waals surface area contributed by atoms with Gasteiger partial charge >= 0.3 is 0 Å². The van der Waals surface area contributed by atoms with E-state index in [4.69, 9.17) is 10.5 Å². The second-order valence-electron chi connectivity index (χ2n) is 4.94. The standard InChI is InChI=1S/C17H20N2O2/c1-4-21-14-6-8-16(12(3)10-14)19-17(20)13-5-7-15(18)11(2)9-13/h5-10H,4,18H2,1-3H3,(H,19,20). The summed E-state index contributed by atoms with van der Waals surface area (Å²) in [5.74, 6) is 0.654. The molecule has 0 atom stereocenters. The van der Waals surface area contributed by atoms with Gasteiger partial charge < -0.3 is 15.8 Å². The first kappa shape index (κ1) is 14.9. The van der Waals surface area contributed by atoms with Crippen LogP contribution in [0.3, 0.4) is 0 Å². The Morgan fingerprint density at radius 3 is 2.52 bits per heavy atom. The minimum atomic E-state index is -0.148. The van der Waals surface area contributed by atoms with Crippen LogP contribution in [-0.2, 0) is 0 Å². The number of hydrogen-bond donors (Lipinski definition) is 2. The van der Waals surface area contributed by atoms with Gasteiger partial charge in [0.25, 0.3) is 5.91 Å². The summed E-state index contributed by atoms with van der Waals surface area (Å²) >= 11 is 0. The Morgan fingerprint density at radius 2 is 1.90 bits per heavy atom. The van der Waals surface area contributed by atoms with E-state index in [-0.39, 0.29) is 5.91 Å². The highest BCUT2D eigenvalue weighted by Gasteiger charge is 2.09. The second-order valence-corrected chi connectivity index (χ2v) is 4.94. The SMILES string of the molecule is CCOc1ccc(NC(=O)c2ccc(N)c(C)c2)c(C)c1. The van der Waals surface area contributed by atoms with Gasteiger partial charge in [-0.1, -0.05) is 0 Å². The van der Waals surface area contributed by atoms with Gasteiger partial charge in [-0.05, 0) is 68.3 Å². The number of nitrogens with one attached hydrogen (secondary N) is 1. The lowest BCUT2D eigenvalue weighted by Gasteiger charge is -2.11. The fourth-order valence-electron chi connectivity index (χ4n) is 2.04. The Balaban J connectivity index is 2.17. The van der Waals surface area contributed by atoms with Gasteiger partial charge in [-0.25, -0.2) is 0 Å². The van der Waals surface area contributed by atoms with Crippen molar-refractivity contribution in [1.82, 2.24) is 0 Å². The summed E-state index contributed by atoms with van der Waals surface area (Å²) < 4.78 is 5.43. The topological polar surface area (TPSA) is 64.3 Å². The fourth-order valence-corrected chi connectivity index (χ4v) is 2.04. The van der Waals surface area contributed by atoms with Crippen LogP contribution in [0.2, 0.25) is 0 Å². The molecule has 0 radical (unpaired) electrons. The van der Waals surface area contributed by atoms with Crippen molar-refractivity contribution < 1.29 is 9.53 Å². The van der Waals surface area contributed by atoms with Gasteiger partial charge in [0, 0.05) is 16.9 Å². The smallest absolute Gasteiger partial charge is 0.255 e. The molecule has 0 fully saturated rings. The molecular weight excluding hydrogens is 264 g/mol. The number of benzene rings is 2. The van der Waals surface area contributed by atoms with Gasteiger partial charge in [0.2, 0.25) is 0 Å². The number of rotatable bonds is 4. The highest BCUT2D eigenvalue weighted by molar-refractivity contribution is 6.05. The number of nitrogen functional groups attached to an aromatic ring is 1. The molecule has 0 bridgehead atoms. The molecule has 0 aromatic heterocycles. The van der Waals surface area contributed by atoms with Crippen LogP contribution in [0.25, 0.3) is 0 Å². The number of nitrogens with two attached hydrogens (primary N) is 1. The summed E-state index contributed by atoms with van der Waals surface area (Å²) in [6, 6.07) is 10.9. The number of anilines is 2. The van der Waals surface area contributed by atoms with Crippen molar-refractivity contribution in [2.45, 2.75) is 20.8 Å². The van der Waals surface area contributed by atoms with Crippen molar-refractivity contribution in [3.63, 3.8) is 0 Å². The average Bonchev–Trinajstić information content (AvgIpc) is 2.45. The molecule has 0 aliphatic heterocycles. The lowest BCUT2D eigenvalue weighted by atomic mass is 10.1. The molecule has 0 heterocycles. The molecule has 2 aromatic rings. The van der Waals surface area contributed by atoms with Crippen molar-refractivity contribution in [3.05, 3.63) is 53.1 Å². The normalized spacial score (nSPS) is 10.2. The molecule has 0 aliphatic carbocycles. The predicted molar refractivity (Wildman–Crippen MR) is 85.9 cm³/mol. The first-order valence-electron chi connectivity index (χ1n) is 6.92. The molecule has 110 valence electrons. The van der Waals surface area contributed by atoms with E-state index in [9.17, 15) is 4.79 Å². The van der Waals surface area contributed by atoms with Gasteiger partial charge in [-0.3, -0.25) is 4.79 Å². The summed E-state index contributed by atoms with van der Waals surface area (Å²) in [6.07, 6.45) is 0. The highest BCUT2D eigenvalue weighted by Crippen LogP contribution is 2.22. The zero-order chi connectivity index (χ0) is 15.4. The van der Waals surface area contributed by atoms with Gasteiger partial charge in [0.1, 0.15) is 5.75 Å². The summed E-state index contributed by atoms with van der Waals surface area (Å²) in [5.41, 5.74) is 9.67. The zero-order valence-corrected chi connectivity index (χ0v) is 12.6. The number of carbonyl (C=O) groups is 1. The molecular formula is C17H20N2O2. The Morgan fingerprint density at radius 1 is 1.14 bits per heavy atom. The van der Waals surface area contributed by atoms with E-state index in [2.05, 4.69) is 5.32 Å². The average molecular weight is 284 g/mol. The van der Waals surface area contributed by atoms with Gasteiger partial charge in [0.15, 0.2) is 0 Å². The fraction of sp³-hybridized carbons (Fsp3) is 0.235. The third kappa shape index (κ3) is 3.54. The maximum absolute atomic E-state index is 12.3. The molecule has 2 rings (SSSR count). The minimum Gasteiger partial charge on any atom is -0.494 e. The Kier molecular flexibility index (Phi) is 4.48. The van der Waals surface area contributed by atoms with E-state index in [1.807, 2.05) is 39.0 Å². The molecule has 21 heavy (non-hydrogen) atoms. The molecule has 4 heteroatoms. The largest absolute Gasteiger partial charge is 0.494 e. The van der Waals surface area contributed by atoms with Gasteiger partial charge in [-0.15, -0.1) is 0 Å². The Hall–Kier alpha value is -2.49. The molecule has 0 aliphatic rings. The van der Waals surface area contributed by atoms with E-state index in [0.29, 0.717) is 17.9 Å². The van der Waals surface area contributed by atoms with Crippen LogP contribution < -0.4 is 15.8 Å². The zero-order valence-electron chi connectivity index (χ0n) is 12.6. The summed E-state index contributed by atoms with van der Waals surface area (Å²) in [4.78, 5) is 12.3. The number of amides is 1. The van der Waals surface area contributed by atoms with Crippen molar-refractivity contribution in [3.8, 4) is 5.75 Å². The van der Waals surface area contributed by atoms with Crippen LogP contribution in [0.1, 0.15) is 28.4 Å². The quantitative estimate of drug-likeness (QED) is 0.844. The minimum absolute atomic E-state index is 0.148. The third-order valence-corrected chi connectivity index (χ3v) is 3.29. The van der Waals surface area contributed by atoms with E-state index in [0.717, 1.165) is 22.6 Å². The van der Waals surface area contributed by atoms with Crippen LogP contribution in [-0.4, -0.2) is 12.5 Å². The number of aryl methyl sites for hydroxylation is 2. The lowest BCUT2D eigenvalue weighted by molar-refractivity contribution is 0.102.